The van der Waals surface area contributed by atoms with Crippen molar-refractivity contribution in [1.29, 1.82) is 0 Å². The number of amides is 2. The van der Waals surface area contributed by atoms with E-state index >= 15 is 0 Å². The Morgan fingerprint density at radius 1 is 0.488 bits per heavy atom. The molecule has 0 aromatic heterocycles. The molecule has 0 N–H and O–H groups in total. The van der Waals surface area contributed by atoms with Crippen LogP contribution in [0.5, 0.6) is 0 Å². The summed E-state index contributed by atoms with van der Waals surface area (Å²) in [6.45, 7) is 2.26. The van der Waals surface area contributed by atoms with E-state index in [1.807, 2.05) is 85.0 Å². The summed E-state index contributed by atoms with van der Waals surface area (Å²) in [5.74, 6) is 0. The van der Waals surface area contributed by atoms with Gasteiger partial charge in [-0.25, -0.2) is 9.59 Å². The van der Waals surface area contributed by atoms with Gasteiger partial charge in [-0.15, -0.1) is 12.4 Å². The predicted molar refractivity (Wildman–Crippen MR) is 161 cm³/mol. The van der Waals surface area contributed by atoms with Gasteiger partial charge in [0, 0.05) is 24.8 Å². The maximum Gasteiger partial charge on any atom is 0.418 e. The number of hydrogen-bond donors (Lipinski definition) is 0. The minimum atomic E-state index is -0.412. The van der Waals surface area contributed by atoms with Crippen LogP contribution in [0.25, 0.3) is 0 Å². The van der Waals surface area contributed by atoms with Crippen molar-refractivity contribution in [3.8, 4) is 0 Å². The largest absolute Gasteiger partial charge is 0.446 e. The highest BCUT2D eigenvalue weighted by molar-refractivity contribution is 5.85. The molecule has 0 aliphatic carbocycles. The van der Waals surface area contributed by atoms with E-state index < -0.39 is 12.2 Å². The molecule has 0 spiro atoms. The summed E-state index contributed by atoms with van der Waals surface area (Å²) < 4.78 is 21.1. The zero-order valence-electron chi connectivity index (χ0n) is 22.7. The highest BCUT2D eigenvalue weighted by Crippen LogP contribution is 2.04. The molecule has 0 saturated heterocycles. The normalized spacial score (nSPS) is 13.0. The van der Waals surface area contributed by atoms with Crippen LogP contribution in [-0.2, 0) is 32.2 Å². The van der Waals surface area contributed by atoms with Crippen LogP contribution < -0.4 is 0 Å². The number of allylic oxidation sites excluding steroid dienone is 8. The molecule has 0 unspecified atom stereocenters. The molecule has 41 heavy (non-hydrogen) atoms. The molecule has 0 bridgehead atoms. The molecule has 2 amide bonds. The van der Waals surface area contributed by atoms with E-state index in [1.165, 1.54) is 9.80 Å². The van der Waals surface area contributed by atoms with E-state index in [1.54, 1.807) is 49.1 Å². The molecule has 2 aliphatic heterocycles. The molecule has 4 rings (SSSR count). The quantitative estimate of drug-likeness (QED) is 0.285. The Kier molecular flexibility index (Phi) is 16.4. The summed E-state index contributed by atoms with van der Waals surface area (Å²) in [6.07, 6.45) is 20.2. The van der Waals surface area contributed by atoms with Gasteiger partial charge < -0.3 is 18.9 Å². The summed E-state index contributed by atoms with van der Waals surface area (Å²) in [7, 11) is 0. The topological polar surface area (TPSA) is 77.5 Å². The molecule has 0 fully saturated rings. The number of rotatable bonds is 10. The first-order chi connectivity index (χ1) is 19.7. The van der Waals surface area contributed by atoms with Crippen molar-refractivity contribution in [1.82, 2.24) is 9.80 Å². The van der Waals surface area contributed by atoms with Crippen molar-refractivity contribution in [2.45, 2.75) is 13.2 Å². The number of carbonyl (C=O) groups excluding carboxylic acids is 2. The lowest BCUT2D eigenvalue weighted by Gasteiger charge is -2.13. The third kappa shape index (κ3) is 14.0. The van der Waals surface area contributed by atoms with Gasteiger partial charge in [0.1, 0.15) is 13.2 Å². The molecule has 2 aromatic rings. The van der Waals surface area contributed by atoms with Gasteiger partial charge in [0.2, 0.25) is 0 Å². The van der Waals surface area contributed by atoms with Crippen LogP contribution in [0.1, 0.15) is 11.1 Å². The van der Waals surface area contributed by atoms with Crippen molar-refractivity contribution in [2.24, 2.45) is 0 Å². The molecule has 0 saturated carbocycles. The first-order valence-electron chi connectivity index (χ1n) is 12.9. The minimum absolute atomic E-state index is 0. The molecule has 8 nitrogen and oxygen atoms in total. The number of hydrogen-bond acceptors (Lipinski definition) is 6. The van der Waals surface area contributed by atoms with Crippen LogP contribution in [-0.4, -0.2) is 48.4 Å². The van der Waals surface area contributed by atoms with E-state index in [9.17, 15) is 9.59 Å². The first kappa shape index (κ1) is 32.8. The van der Waals surface area contributed by atoms with Crippen molar-refractivity contribution in [2.75, 3.05) is 26.4 Å². The highest BCUT2D eigenvalue weighted by atomic mass is 35.5. The minimum Gasteiger partial charge on any atom is -0.446 e. The SMILES string of the molecule is Cl.O=C(OCCOCc1ccccc1)N1C=CC=CC=C1.O=C(OCCOCc1ccccc1)N1C=CC=CC=C1. The Hall–Kier alpha value is -4.37. The molecule has 9 heteroatoms. The molecule has 2 heterocycles. The Labute approximate surface area is 247 Å². The smallest absolute Gasteiger partial charge is 0.418 e. The van der Waals surface area contributed by atoms with Crippen LogP contribution in [0.4, 0.5) is 9.59 Å². The molecule has 0 atom stereocenters. The monoisotopic (exact) mass is 578 g/mol. The van der Waals surface area contributed by atoms with Gasteiger partial charge >= 0.3 is 12.2 Å². The van der Waals surface area contributed by atoms with Crippen LogP contribution in [0, 0.1) is 0 Å². The van der Waals surface area contributed by atoms with Crippen molar-refractivity contribution in [3.63, 3.8) is 0 Å². The van der Waals surface area contributed by atoms with Gasteiger partial charge in [0.15, 0.2) is 0 Å². The van der Waals surface area contributed by atoms with Crippen LogP contribution in [0.3, 0.4) is 0 Å². The van der Waals surface area contributed by atoms with Crippen LogP contribution in [0.2, 0.25) is 0 Å². The third-order valence-corrected chi connectivity index (χ3v) is 5.20. The Bertz CT molecular complexity index is 1080. The van der Waals surface area contributed by atoms with Gasteiger partial charge in [-0.2, -0.15) is 0 Å². The van der Waals surface area contributed by atoms with Gasteiger partial charge in [-0.1, -0.05) is 85.0 Å². The van der Waals surface area contributed by atoms with Gasteiger partial charge in [-0.05, 0) is 35.4 Å². The third-order valence-electron chi connectivity index (χ3n) is 5.20. The molecular formula is C32H35ClN2O6. The zero-order valence-corrected chi connectivity index (χ0v) is 23.5. The molecule has 2 aromatic carbocycles. The van der Waals surface area contributed by atoms with E-state index in [-0.39, 0.29) is 25.6 Å². The standard InChI is InChI=1S/2C16H17NO3.ClH/c2*18-16(17-10-6-1-2-7-11-17)20-13-12-19-14-15-8-4-3-5-9-15;/h2*1-11H,12-14H2;1H. The predicted octanol–water partition coefficient (Wildman–Crippen LogP) is 6.90. The molecule has 216 valence electrons. The van der Waals surface area contributed by atoms with Crippen LogP contribution >= 0.6 is 12.4 Å². The summed E-state index contributed by atoms with van der Waals surface area (Å²) in [5, 5.41) is 0. The lowest BCUT2D eigenvalue weighted by molar-refractivity contribution is 0.0582. The number of halogens is 1. The highest BCUT2D eigenvalue weighted by Gasteiger charge is 2.10. The van der Waals surface area contributed by atoms with Crippen LogP contribution in [0.15, 0.2) is 134 Å². The van der Waals surface area contributed by atoms with E-state index in [2.05, 4.69) is 0 Å². The summed E-state index contributed by atoms with van der Waals surface area (Å²) in [6, 6.07) is 19.7. The van der Waals surface area contributed by atoms with Crippen molar-refractivity contribution < 1.29 is 28.5 Å². The summed E-state index contributed by atoms with van der Waals surface area (Å²) in [5.41, 5.74) is 2.20. The lowest BCUT2D eigenvalue weighted by atomic mass is 10.2. The molecular weight excluding hydrogens is 544 g/mol. The van der Waals surface area contributed by atoms with Gasteiger partial charge in [-0.3, -0.25) is 9.80 Å². The number of nitrogens with zero attached hydrogens (tertiary/aromatic N) is 2. The second-order valence-corrected chi connectivity index (χ2v) is 8.26. The lowest BCUT2D eigenvalue weighted by Crippen LogP contribution is -2.22. The second-order valence-electron chi connectivity index (χ2n) is 8.26. The average Bonchev–Trinajstić information content (AvgIpc) is 3.44. The summed E-state index contributed by atoms with van der Waals surface area (Å²) in [4.78, 5) is 26.2. The van der Waals surface area contributed by atoms with Gasteiger partial charge in [0.25, 0.3) is 0 Å². The Balaban J connectivity index is 0.000000280. The van der Waals surface area contributed by atoms with Crippen molar-refractivity contribution >= 4 is 24.6 Å². The van der Waals surface area contributed by atoms with Gasteiger partial charge in [0.05, 0.1) is 26.4 Å². The second kappa shape index (κ2) is 20.5. The Morgan fingerprint density at radius 2 is 0.829 bits per heavy atom. The average molecular weight is 579 g/mol. The zero-order chi connectivity index (χ0) is 28.1. The fourth-order valence-corrected chi connectivity index (χ4v) is 3.22. The number of benzene rings is 2. The first-order valence-corrected chi connectivity index (χ1v) is 12.9. The maximum atomic E-state index is 11.7. The maximum absolute atomic E-state index is 11.7. The fourth-order valence-electron chi connectivity index (χ4n) is 3.22. The number of carbonyl (C=O) groups is 2. The fraction of sp³-hybridized carbons (Fsp3) is 0.188. The van der Waals surface area contributed by atoms with E-state index in [4.69, 9.17) is 18.9 Å². The van der Waals surface area contributed by atoms with E-state index in [0.29, 0.717) is 26.4 Å². The summed E-state index contributed by atoms with van der Waals surface area (Å²) >= 11 is 0. The van der Waals surface area contributed by atoms with E-state index in [0.717, 1.165) is 11.1 Å². The number of ether oxygens (including phenoxy) is 4. The van der Waals surface area contributed by atoms with Crippen molar-refractivity contribution in [3.05, 3.63) is 145 Å². The molecule has 2 aliphatic rings. The molecule has 0 radical (unpaired) electrons. The Morgan fingerprint density at radius 3 is 1.17 bits per heavy atom.